The standard InChI is InChI=1S/C14H20ClNO4S/c1-4-5-10(2)16-14(17)11(3)20-12-6-8-13(9-7-12)21(15,18)19/h6-11H,4-5H2,1-3H3,(H,16,17). The van der Waals surface area contributed by atoms with Crippen LogP contribution in [0.5, 0.6) is 5.75 Å². The molecule has 0 heterocycles. The Morgan fingerprint density at radius 2 is 1.86 bits per heavy atom. The molecule has 1 aromatic rings. The maximum Gasteiger partial charge on any atom is 0.261 e. The van der Waals surface area contributed by atoms with E-state index in [-0.39, 0.29) is 16.8 Å². The van der Waals surface area contributed by atoms with Gasteiger partial charge in [-0.25, -0.2) is 8.42 Å². The Hall–Kier alpha value is -1.27. The summed E-state index contributed by atoms with van der Waals surface area (Å²) in [6, 6.07) is 5.70. The smallest absolute Gasteiger partial charge is 0.261 e. The number of rotatable bonds is 7. The summed E-state index contributed by atoms with van der Waals surface area (Å²) in [4.78, 5) is 11.9. The Bertz CT molecular complexity index is 571. The minimum Gasteiger partial charge on any atom is -0.481 e. The predicted octanol–water partition coefficient (Wildman–Crippen LogP) is 2.69. The molecule has 2 atom stereocenters. The van der Waals surface area contributed by atoms with E-state index < -0.39 is 15.2 Å². The predicted molar refractivity (Wildman–Crippen MR) is 82.1 cm³/mol. The van der Waals surface area contributed by atoms with Gasteiger partial charge in [0.1, 0.15) is 5.75 Å². The number of hydrogen-bond donors (Lipinski definition) is 1. The maximum atomic E-state index is 11.9. The van der Waals surface area contributed by atoms with Gasteiger partial charge >= 0.3 is 0 Å². The largest absolute Gasteiger partial charge is 0.481 e. The molecule has 0 aliphatic carbocycles. The van der Waals surface area contributed by atoms with Crippen molar-refractivity contribution in [2.45, 2.75) is 50.7 Å². The number of amides is 1. The second-order valence-electron chi connectivity index (χ2n) is 4.87. The number of ether oxygens (including phenoxy) is 1. The summed E-state index contributed by atoms with van der Waals surface area (Å²) in [7, 11) is 1.47. The van der Waals surface area contributed by atoms with Gasteiger partial charge in [-0.1, -0.05) is 13.3 Å². The van der Waals surface area contributed by atoms with Crippen LogP contribution in [-0.4, -0.2) is 26.5 Å². The molecule has 0 bridgehead atoms. The first-order chi connectivity index (χ1) is 9.74. The van der Waals surface area contributed by atoms with E-state index in [9.17, 15) is 13.2 Å². The second kappa shape index (κ2) is 7.66. The van der Waals surface area contributed by atoms with Gasteiger partial charge in [0.15, 0.2) is 6.10 Å². The number of halogens is 1. The summed E-state index contributed by atoms with van der Waals surface area (Å²) in [5, 5.41) is 2.86. The lowest BCUT2D eigenvalue weighted by molar-refractivity contribution is -0.127. The van der Waals surface area contributed by atoms with Crippen LogP contribution in [0.1, 0.15) is 33.6 Å². The van der Waals surface area contributed by atoms with Crippen LogP contribution in [-0.2, 0) is 13.8 Å². The highest BCUT2D eigenvalue weighted by Gasteiger charge is 2.17. The highest BCUT2D eigenvalue weighted by Crippen LogP contribution is 2.19. The molecule has 0 radical (unpaired) electrons. The first-order valence-corrected chi connectivity index (χ1v) is 9.06. The summed E-state index contributed by atoms with van der Waals surface area (Å²) in [6.45, 7) is 5.63. The lowest BCUT2D eigenvalue weighted by Crippen LogP contribution is -2.41. The van der Waals surface area contributed by atoms with Crippen molar-refractivity contribution in [3.05, 3.63) is 24.3 Å². The van der Waals surface area contributed by atoms with Crippen LogP contribution >= 0.6 is 10.7 Å². The fourth-order valence-electron chi connectivity index (χ4n) is 1.80. The summed E-state index contributed by atoms with van der Waals surface area (Å²) >= 11 is 0. The SMILES string of the molecule is CCCC(C)NC(=O)C(C)Oc1ccc(S(=O)(=O)Cl)cc1. The minimum atomic E-state index is -3.75. The third kappa shape index (κ3) is 5.93. The molecule has 21 heavy (non-hydrogen) atoms. The Balaban J connectivity index is 2.62. The molecule has 0 aromatic heterocycles. The van der Waals surface area contributed by atoms with Crippen molar-refractivity contribution in [1.82, 2.24) is 5.32 Å². The first-order valence-electron chi connectivity index (χ1n) is 6.75. The Kier molecular flexibility index (Phi) is 6.48. The van der Waals surface area contributed by atoms with Gasteiger partial charge in [0.25, 0.3) is 15.0 Å². The Morgan fingerprint density at radius 1 is 1.29 bits per heavy atom. The highest BCUT2D eigenvalue weighted by atomic mass is 35.7. The normalized spacial score (nSPS) is 14.3. The van der Waals surface area contributed by atoms with Crippen molar-refractivity contribution >= 4 is 25.6 Å². The lowest BCUT2D eigenvalue weighted by atomic mass is 10.2. The molecule has 0 saturated heterocycles. The quantitative estimate of drug-likeness (QED) is 0.779. The van der Waals surface area contributed by atoms with Crippen molar-refractivity contribution in [2.75, 3.05) is 0 Å². The molecule has 7 heteroatoms. The summed E-state index contributed by atoms with van der Waals surface area (Å²) in [6.07, 6.45) is 1.23. The number of carbonyl (C=O) groups is 1. The van der Waals surface area contributed by atoms with Crippen LogP contribution in [0.4, 0.5) is 0 Å². The van der Waals surface area contributed by atoms with Crippen molar-refractivity contribution in [2.24, 2.45) is 0 Å². The van der Waals surface area contributed by atoms with E-state index in [1.54, 1.807) is 6.92 Å². The molecule has 1 amide bonds. The van der Waals surface area contributed by atoms with E-state index in [0.717, 1.165) is 12.8 Å². The van der Waals surface area contributed by atoms with Crippen molar-refractivity contribution in [1.29, 1.82) is 0 Å². The summed E-state index contributed by atoms with van der Waals surface area (Å²) in [5.74, 6) is 0.204. The molecule has 5 nitrogen and oxygen atoms in total. The fourth-order valence-corrected chi connectivity index (χ4v) is 2.57. The van der Waals surface area contributed by atoms with Crippen LogP contribution in [0.3, 0.4) is 0 Å². The van der Waals surface area contributed by atoms with Gasteiger partial charge in [-0.05, 0) is 44.5 Å². The lowest BCUT2D eigenvalue weighted by Gasteiger charge is -2.18. The molecule has 0 fully saturated rings. The number of benzene rings is 1. The van der Waals surface area contributed by atoms with Gasteiger partial charge in [-0.3, -0.25) is 4.79 Å². The van der Waals surface area contributed by atoms with Crippen molar-refractivity contribution in [3.63, 3.8) is 0 Å². The highest BCUT2D eigenvalue weighted by molar-refractivity contribution is 8.13. The molecule has 1 rings (SSSR count). The van der Waals surface area contributed by atoms with Crippen molar-refractivity contribution < 1.29 is 17.9 Å². The summed E-state index contributed by atoms with van der Waals surface area (Å²) in [5.41, 5.74) is 0. The Labute approximate surface area is 130 Å². The second-order valence-corrected chi connectivity index (χ2v) is 7.43. The molecule has 1 aromatic carbocycles. The topological polar surface area (TPSA) is 72.5 Å². The zero-order valence-corrected chi connectivity index (χ0v) is 13.9. The van der Waals surface area contributed by atoms with Crippen LogP contribution in [0.15, 0.2) is 29.2 Å². The van der Waals surface area contributed by atoms with Crippen LogP contribution in [0.2, 0.25) is 0 Å². The maximum absolute atomic E-state index is 11.9. The average molecular weight is 334 g/mol. The molecular weight excluding hydrogens is 314 g/mol. The Morgan fingerprint density at radius 3 is 2.33 bits per heavy atom. The first kappa shape index (κ1) is 17.8. The van der Waals surface area contributed by atoms with E-state index in [0.29, 0.717) is 5.75 Å². The fraction of sp³-hybridized carbons (Fsp3) is 0.500. The van der Waals surface area contributed by atoms with Gasteiger partial charge < -0.3 is 10.1 Å². The van der Waals surface area contributed by atoms with Crippen LogP contribution in [0, 0.1) is 0 Å². The molecule has 1 N–H and O–H groups in total. The van der Waals surface area contributed by atoms with Crippen molar-refractivity contribution in [3.8, 4) is 5.75 Å². The van der Waals surface area contributed by atoms with Gasteiger partial charge in [0.05, 0.1) is 4.90 Å². The summed E-state index contributed by atoms with van der Waals surface area (Å²) < 4.78 is 27.7. The molecule has 0 aliphatic heterocycles. The van der Waals surface area contributed by atoms with E-state index in [2.05, 4.69) is 12.2 Å². The van der Waals surface area contributed by atoms with Gasteiger partial charge in [-0.2, -0.15) is 0 Å². The monoisotopic (exact) mass is 333 g/mol. The third-order valence-corrected chi connectivity index (χ3v) is 4.27. The zero-order chi connectivity index (χ0) is 16.0. The van der Waals surface area contributed by atoms with E-state index in [4.69, 9.17) is 15.4 Å². The van der Waals surface area contributed by atoms with E-state index >= 15 is 0 Å². The van der Waals surface area contributed by atoms with Gasteiger partial charge in [0, 0.05) is 16.7 Å². The molecular formula is C14H20ClNO4S. The van der Waals surface area contributed by atoms with Crippen LogP contribution in [0.25, 0.3) is 0 Å². The van der Waals surface area contributed by atoms with E-state index in [1.165, 1.54) is 24.3 Å². The molecule has 0 saturated carbocycles. The molecule has 0 spiro atoms. The van der Waals surface area contributed by atoms with Gasteiger partial charge in [0.2, 0.25) is 0 Å². The van der Waals surface area contributed by atoms with E-state index in [1.807, 2.05) is 6.92 Å². The number of carbonyl (C=O) groups excluding carboxylic acids is 1. The zero-order valence-electron chi connectivity index (χ0n) is 12.3. The minimum absolute atomic E-state index is 0.00908. The number of hydrogen-bond acceptors (Lipinski definition) is 4. The molecule has 118 valence electrons. The average Bonchev–Trinajstić information content (AvgIpc) is 2.38. The van der Waals surface area contributed by atoms with Crippen LogP contribution < -0.4 is 10.1 Å². The molecule has 0 aliphatic rings. The van der Waals surface area contributed by atoms with Gasteiger partial charge in [-0.15, -0.1) is 0 Å². The third-order valence-electron chi connectivity index (χ3n) is 2.90. The number of nitrogens with one attached hydrogen (secondary N) is 1. The molecule has 2 unspecified atom stereocenters.